The third-order valence-electron chi connectivity index (χ3n) is 3.34. The second kappa shape index (κ2) is 9.10. The summed E-state index contributed by atoms with van der Waals surface area (Å²) in [5.41, 5.74) is 11.9. The molecule has 2 rings (SSSR count). The smallest absolute Gasteiger partial charge is 0.406 e. The normalized spacial score (nSPS) is 11.8. The van der Waals surface area contributed by atoms with Crippen LogP contribution in [-0.2, 0) is 11.2 Å². The maximum atomic E-state index is 12.3. The fourth-order valence-corrected chi connectivity index (χ4v) is 2.30. The number of carbonyl (C=O) groups is 1. The van der Waals surface area contributed by atoms with Gasteiger partial charge in [0, 0.05) is 0 Å². The van der Waals surface area contributed by atoms with Gasteiger partial charge in [0.2, 0.25) is 0 Å². The minimum Gasteiger partial charge on any atom is -0.406 e. The molecule has 0 heterocycles. The first kappa shape index (κ1) is 21.3. The quantitative estimate of drug-likeness (QED) is 0.609. The molecule has 0 saturated heterocycles. The molecule has 0 fully saturated rings. The fraction of sp³-hybridized carbons (Fsp3) is 0.176. The van der Waals surface area contributed by atoms with E-state index in [9.17, 15) is 18.0 Å². The lowest BCUT2D eigenvalue weighted by Gasteiger charge is -2.15. The molecule has 5 nitrogen and oxygen atoms in total. The molecule has 0 spiro atoms. The highest BCUT2D eigenvalue weighted by Crippen LogP contribution is 2.26. The van der Waals surface area contributed by atoms with Crippen molar-refractivity contribution in [1.82, 2.24) is 0 Å². The van der Waals surface area contributed by atoms with Crippen molar-refractivity contribution in [1.29, 1.82) is 0 Å². The van der Waals surface area contributed by atoms with E-state index in [4.69, 9.17) is 11.5 Å². The van der Waals surface area contributed by atoms with E-state index in [1.165, 1.54) is 24.3 Å². The van der Waals surface area contributed by atoms with Crippen LogP contribution in [0.25, 0.3) is 0 Å². The van der Waals surface area contributed by atoms with Gasteiger partial charge in [0.05, 0.1) is 5.92 Å². The van der Waals surface area contributed by atoms with Gasteiger partial charge < -0.3 is 16.2 Å². The van der Waals surface area contributed by atoms with Gasteiger partial charge in [-0.25, -0.2) is 0 Å². The Hall–Kier alpha value is -2.74. The average Bonchev–Trinajstić information content (AvgIpc) is 2.52. The fourth-order valence-electron chi connectivity index (χ4n) is 2.30. The van der Waals surface area contributed by atoms with Gasteiger partial charge in [0.25, 0.3) is 5.91 Å². The van der Waals surface area contributed by atoms with Crippen molar-refractivity contribution in [2.24, 2.45) is 16.5 Å². The topological polar surface area (TPSA) is 90.7 Å². The van der Waals surface area contributed by atoms with Gasteiger partial charge in [0.15, 0.2) is 5.96 Å². The average molecular weight is 388 g/mol. The van der Waals surface area contributed by atoms with Gasteiger partial charge in [-0.1, -0.05) is 42.5 Å². The number of hydrogen-bond donors (Lipinski definition) is 2. The minimum absolute atomic E-state index is 0. The molecular weight excluding hydrogens is 371 g/mol. The molecule has 0 radical (unpaired) electrons. The Labute approximate surface area is 154 Å². The number of amides is 1. The summed E-state index contributed by atoms with van der Waals surface area (Å²) in [6.07, 6.45) is -4.52. The number of ether oxygens (including phenoxy) is 1. The third-order valence-corrected chi connectivity index (χ3v) is 3.34. The molecule has 4 N–H and O–H groups in total. The van der Waals surface area contributed by atoms with Crippen LogP contribution >= 0.6 is 12.4 Å². The van der Waals surface area contributed by atoms with Crippen LogP contribution in [0.3, 0.4) is 0 Å². The molecule has 0 bridgehead atoms. The number of carbonyl (C=O) groups excluding carboxylic acids is 1. The van der Waals surface area contributed by atoms with Crippen LogP contribution in [0.4, 0.5) is 13.2 Å². The van der Waals surface area contributed by atoms with Gasteiger partial charge in [-0.15, -0.1) is 25.6 Å². The van der Waals surface area contributed by atoms with Crippen LogP contribution in [0, 0.1) is 0 Å². The van der Waals surface area contributed by atoms with Gasteiger partial charge >= 0.3 is 6.36 Å². The van der Waals surface area contributed by atoms with Crippen LogP contribution in [0.2, 0.25) is 0 Å². The Kier molecular flexibility index (Phi) is 7.45. The summed E-state index contributed by atoms with van der Waals surface area (Å²) >= 11 is 0. The van der Waals surface area contributed by atoms with Crippen LogP contribution in [0.1, 0.15) is 17.0 Å². The predicted molar refractivity (Wildman–Crippen MR) is 94.1 cm³/mol. The number of rotatable bonds is 5. The first-order valence-corrected chi connectivity index (χ1v) is 7.28. The zero-order valence-corrected chi connectivity index (χ0v) is 14.3. The van der Waals surface area contributed by atoms with Crippen molar-refractivity contribution in [3.63, 3.8) is 0 Å². The first-order valence-electron chi connectivity index (χ1n) is 7.28. The lowest BCUT2D eigenvalue weighted by atomic mass is 9.91. The summed E-state index contributed by atoms with van der Waals surface area (Å²) in [5.74, 6) is -1.86. The maximum absolute atomic E-state index is 12.3. The molecule has 9 heteroatoms. The zero-order valence-electron chi connectivity index (χ0n) is 13.4. The Bertz CT molecular complexity index is 746. The zero-order chi connectivity index (χ0) is 18.4. The number of hydrogen-bond acceptors (Lipinski definition) is 2. The monoisotopic (exact) mass is 387 g/mol. The van der Waals surface area contributed by atoms with Gasteiger partial charge in [-0.05, 0) is 29.7 Å². The Balaban J connectivity index is 0.00000338. The number of aliphatic imine (C=N–C) groups is 1. The molecule has 0 aliphatic heterocycles. The summed E-state index contributed by atoms with van der Waals surface area (Å²) < 4.78 is 40.4. The van der Waals surface area contributed by atoms with E-state index in [1.807, 2.05) is 0 Å². The predicted octanol–water partition coefficient (Wildman–Crippen LogP) is 3.13. The van der Waals surface area contributed by atoms with E-state index in [1.54, 1.807) is 30.3 Å². The van der Waals surface area contributed by atoms with E-state index >= 15 is 0 Å². The van der Waals surface area contributed by atoms with E-state index in [-0.39, 0.29) is 30.5 Å². The number of guanidine groups is 1. The number of benzene rings is 2. The van der Waals surface area contributed by atoms with E-state index in [2.05, 4.69) is 9.73 Å². The summed E-state index contributed by atoms with van der Waals surface area (Å²) in [6.45, 7) is 0. The van der Waals surface area contributed by atoms with Crippen molar-refractivity contribution in [3.8, 4) is 5.75 Å². The number of alkyl halides is 3. The van der Waals surface area contributed by atoms with Crippen molar-refractivity contribution >= 4 is 24.3 Å². The Morgan fingerprint density at radius 3 is 2.12 bits per heavy atom. The molecule has 0 aromatic heterocycles. The highest BCUT2D eigenvalue weighted by Gasteiger charge is 2.31. The number of halogens is 4. The highest BCUT2D eigenvalue weighted by molar-refractivity contribution is 5.95. The van der Waals surface area contributed by atoms with E-state index in [0.717, 1.165) is 0 Å². The number of nitrogens with two attached hydrogens (primary N) is 2. The molecule has 1 amide bonds. The van der Waals surface area contributed by atoms with Crippen LogP contribution in [-0.4, -0.2) is 18.2 Å². The third kappa shape index (κ3) is 6.64. The molecular formula is C17H17ClF3N3O2. The van der Waals surface area contributed by atoms with E-state index < -0.39 is 18.2 Å². The molecule has 1 unspecified atom stereocenters. The molecule has 2 aromatic rings. The first-order chi connectivity index (χ1) is 11.7. The van der Waals surface area contributed by atoms with Gasteiger partial charge in [-0.2, -0.15) is 4.99 Å². The Morgan fingerprint density at radius 2 is 1.62 bits per heavy atom. The highest BCUT2D eigenvalue weighted by atomic mass is 35.5. The van der Waals surface area contributed by atoms with Gasteiger partial charge in [0.1, 0.15) is 5.75 Å². The van der Waals surface area contributed by atoms with Crippen molar-refractivity contribution in [3.05, 3.63) is 65.7 Å². The standard InChI is InChI=1S/C17H16F3N3O2.ClH/c18-17(19,20)25-13-8-6-11(7-9-13)10-14(15(24)23-16(21)22)12-4-2-1-3-5-12;/h1-9,14H,10H2,(H4,21,22,23,24);1H. The lowest BCUT2D eigenvalue weighted by molar-refractivity contribution is -0.274. The summed E-state index contributed by atoms with van der Waals surface area (Å²) in [4.78, 5) is 15.9. The Morgan fingerprint density at radius 1 is 1.04 bits per heavy atom. The van der Waals surface area contributed by atoms with Crippen molar-refractivity contribution < 1.29 is 22.7 Å². The lowest BCUT2D eigenvalue weighted by Crippen LogP contribution is -2.26. The van der Waals surface area contributed by atoms with Gasteiger partial charge in [-0.3, -0.25) is 4.79 Å². The SMILES string of the molecule is Cl.NC(N)=NC(=O)C(Cc1ccc(OC(F)(F)F)cc1)c1ccccc1. The summed E-state index contributed by atoms with van der Waals surface area (Å²) in [5, 5.41) is 0. The molecule has 2 aromatic carbocycles. The molecule has 0 saturated carbocycles. The number of nitrogens with zero attached hydrogens (tertiary/aromatic N) is 1. The minimum atomic E-state index is -4.75. The molecule has 26 heavy (non-hydrogen) atoms. The summed E-state index contributed by atoms with van der Waals surface area (Å²) in [6, 6.07) is 14.1. The van der Waals surface area contributed by atoms with Crippen molar-refractivity contribution in [2.75, 3.05) is 0 Å². The molecule has 0 aliphatic carbocycles. The summed E-state index contributed by atoms with van der Waals surface area (Å²) in [7, 11) is 0. The molecule has 140 valence electrons. The van der Waals surface area contributed by atoms with E-state index in [0.29, 0.717) is 11.1 Å². The van der Waals surface area contributed by atoms with Crippen LogP contribution < -0.4 is 16.2 Å². The van der Waals surface area contributed by atoms with Crippen molar-refractivity contribution in [2.45, 2.75) is 18.7 Å². The second-order valence-corrected chi connectivity index (χ2v) is 5.23. The van der Waals surface area contributed by atoms with Crippen LogP contribution in [0.15, 0.2) is 59.6 Å². The largest absolute Gasteiger partial charge is 0.573 e. The molecule has 0 aliphatic rings. The second-order valence-electron chi connectivity index (χ2n) is 5.23. The molecule has 1 atom stereocenters. The van der Waals surface area contributed by atoms with Crippen LogP contribution in [0.5, 0.6) is 5.75 Å². The maximum Gasteiger partial charge on any atom is 0.573 e.